The van der Waals surface area contributed by atoms with Gasteiger partial charge >= 0.3 is 152 Å². The second-order valence-electron chi connectivity index (χ2n) is 6.01. The summed E-state index contributed by atoms with van der Waals surface area (Å²) in [6.07, 6.45) is 6.05. The van der Waals surface area contributed by atoms with Gasteiger partial charge < -0.3 is 0 Å². The fraction of sp³-hybridized carbons (Fsp3) is 0.381. The molecule has 0 saturated carbocycles. The molecule has 1 unspecified atom stereocenters. The summed E-state index contributed by atoms with van der Waals surface area (Å²) >= 11 is 0.403. The molecule has 128 valence electrons. The van der Waals surface area contributed by atoms with Gasteiger partial charge in [0.05, 0.1) is 0 Å². The van der Waals surface area contributed by atoms with Crippen molar-refractivity contribution in [1.29, 1.82) is 0 Å². The first-order valence-electron chi connectivity index (χ1n) is 8.83. The first-order chi connectivity index (χ1) is 11.8. The van der Waals surface area contributed by atoms with Gasteiger partial charge in [0.1, 0.15) is 0 Å². The van der Waals surface area contributed by atoms with E-state index in [2.05, 4.69) is 42.6 Å². The van der Waals surface area contributed by atoms with Crippen molar-refractivity contribution in [3.63, 3.8) is 0 Å². The monoisotopic (exact) mass is 389 g/mol. The van der Waals surface area contributed by atoms with Crippen molar-refractivity contribution in [2.24, 2.45) is 0 Å². The van der Waals surface area contributed by atoms with Crippen LogP contribution in [0.3, 0.4) is 0 Å². The van der Waals surface area contributed by atoms with Crippen LogP contribution < -0.4 is 9.78 Å². The van der Waals surface area contributed by atoms with Crippen molar-refractivity contribution in [1.82, 2.24) is 5.32 Å². The van der Waals surface area contributed by atoms with Crippen LogP contribution >= 0.6 is 0 Å². The number of rotatable bonds is 10. The number of amides is 1. The topological polar surface area (TPSA) is 29.1 Å². The fourth-order valence-electron chi connectivity index (χ4n) is 2.59. The molecule has 0 aliphatic heterocycles. The number of nitrogens with one attached hydrogen (secondary N) is 1. The first kappa shape index (κ1) is 18.8. The number of hydrogen-bond acceptors (Lipinski definition) is 1. The Bertz CT molecular complexity index is 585. The number of carbonyl (C=O) groups excluding carboxylic acids is 1. The number of benzene rings is 2. The van der Waals surface area contributed by atoms with Gasteiger partial charge in [0.15, 0.2) is 0 Å². The molecule has 0 aliphatic carbocycles. The van der Waals surface area contributed by atoms with Crippen LogP contribution in [0.25, 0.3) is 0 Å². The van der Waals surface area contributed by atoms with E-state index in [1.165, 1.54) is 30.1 Å². The third-order valence-electron chi connectivity index (χ3n) is 3.97. The van der Waals surface area contributed by atoms with Crippen LogP contribution in [0.1, 0.15) is 49.4 Å². The summed E-state index contributed by atoms with van der Waals surface area (Å²) in [5.74, 6) is 0.0555. The molecule has 0 aromatic heterocycles. The molecule has 2 rings (SSSR count). The molecule has 0 radical (unpaired) electrons. The quantitative estimate of drug-likeness (QED) is 0.480. The molecular weight excluding hydrogens is 361 g/mol. The molecule has 24 heavy (non-hydrogen) atoms. The van der Waals surface area contributed by atoms with Crippen molar-refractivity contribution in [2.45, 2.75) is 50.4 Å². The second kappa shape index (κ2) is 11.1. The van der Waals surface area contributed by atoms with E-state index in [-0.39, 0.29) is 11.9 Å². The average molecular weight is 388 g/mol. The van der Waals surface area contributed by atoms with Crippen LogP contribution in [0.15, 0.2) is 60.7 Å². The van der Waals surface area contributed by atoms with Gasteiger partial charge in [-0.1, -0.05) is 0 Å². The Morgan fingerprint density at radius 3 is 2.29 bits per heavy atom. The minimum atomic E-state index is 0.0555. The standard InChI is InChI=1S/C21H27NOSe/c1-2-3-4-9-14-19(17-24-20-15-10-6-11-16-20)22-21(23)18-12-7-5-8-13-18/h5-8,10-13,15-16,19H,2-4,9,14,17H2,1H3,(H,22,23). The summed E-state index contributed by atoms with van der Waals surface area (Å²) < 4.78 is 1.40. The second-order valence-corrected chi connectivity index (χ2v) is 8.30. The zero-order chi connectivity index (χ0) is 17.0. The molecule has 0 spiro atoms. The van der Waals surface area contributed by atoms with Crippen LogP contribution in [-0.2, 0) is 0 Å². The van der Waals surface area contributed by atoms with Gasteiger partial charge in [-0.15, -0.1) is 0 Å². The molecule has 0 saturated heterocycles. The molecule has 2 aromatic carbocycles. The number of unbranched alkanes of at least 4 members (excludes halogenated alkanes) is 3. The van der Waals surface area contributed by atoms with Crippen LogP contribution in [0.2, 0.25) is 5.32 Å². The van der Waals surface area contributed by atoms with Crippen molar-refractivity contribution in [2.75, 3.05) is 0 Å². The molecule has 1 N–H and O–H groups in total. The van der Waals surface area contributed by atoms with E-state index in [1.54, 1.807) is 0 Å². The molecule has 1 atom stereocenters. The van der Waals surface area contributed by atoms with Gasteiger partial charge in [0.2, 0.25) is 0 Å². The first-order valence-corrected chi connectivity index (χ1v) is 10.9. The van der Waals surface area contributed by atoms with E-state index in [0.29, 0.717) is 15.0 Å². The molecule has 0 bridgehead atoms. The van der Waals surface area contributed by atoms with E-state index >= 15 is 0 Å². The van der Waals surface area contributed by atoms with Gasteiger partial charge in [-0.25, -0.2) is 0 Å². The summed E-state index contributed by atoms with van der Waals surface area (Å²) in [4.78, 5) is 12.5. The predicted octanol–water partition coefficient (Wildman–Crippen LogP) is 4.20. The van der Waals surface area contributed by atoms with E-state index in [4.69, 9.17) is 0 Å². The Labute approximate surface area is 152 Å². The van der Waals surface area contributed by atoms with E-state index < -0.39 is 0 Å². The maximum atomic E-state index is 12.5. The van der Waals surface area contributed by atoms with Crippen molar-refractivity contribution < 1.29 is 4.79 Å². The van der Waals surface area contributed by atoms with E-state index in [0.717, 1.165) is 17.3 Å². The van der Waals surface area contributed by atoms with Gasteiger partial charge in [0.25, 0.3) is 0 Å². The Kier molecular flexibility index (Phi) is 8.65. The van der Waals surface area contributed by atoms with Crippen LogP contribution in [0.4, 0.5) is 0 Å². The van der Waals surface area contributed by atoms with Crippen LogP contribution in [0.5, 0.6) is 0 Å². The third-order valence-corrected chi connectivity index (χ3v) is 6.44. The van der Waals surface area contributed by atoms with E-state index in [9.17, 15) is 4.79 Å². The normalized spacial score (nSPS) is 11.9. The number of carbonyl (C=O) groups is 1. The van der Waals surface area contributed by atoms with Crippen LogP contribution in [-0.4, -0.2) is 26.9 Å². The minimum absolute atomic E-state index is 0.0555. The maximum absolute atomic E-state index is 12.5. The van der Waals surface area contributed by atoms with E-state index in [1.807, 2.05) is 30.3 Å². The molecule has 0 heterocycles. The zero-order valence-corrected chi connectivity index (χ0v) is 16.1. The zero-order valence-electron chi connectivity index (χ0n) is 14.4. The number of hydrogen-bond donors (Lipinski definition) is 1. The summed E-state index contributed by atoms with van der Waals surface area (Å²) in [5, 5.41) is 4.31. The average Bonchev–Trinajstić information content (AvgIpc) is 2.64. The van der Waals surface area contributed by atoms with Gasteiger partial charge in [0, 0.05) is 0 Å². The Hall–Kier alpha value is -1.57. The molecule has 2 aromatic rings. The third kappa shape index (κ3) is 6.90. The molecule has 0 aliphatic rings. The Morgan fingerprint density at radius 2 is 1.62 bits per heavy atom. The molecular formula is C21H27NOSe. The van der Waals surface area contributed by atoms with Gasteiger partial charge in [-0.3, -0.25) is 0 Å². The Balaban J connectivity index is 1.90. The van der Waals surface area contributed by atoms with Crippen molar-refractivity contribution in [3.05, 3.63) is 66.2 Å². The summed E-state index contributed by atoms with van der Waals surface area (Å²) in [6.45, 7) is 2.23. The molecule has 2 nitrogen and oxygen atoms in total. The van der Waals surface area contributed by atoms with Crippen molar-refractivity contribution >= 4 is 25.3 Å². The predicted molar refractivity (Wildman–Crippen MR) is 103 cm³/mol. The summed E-state index contributed by atoms with van der Waals surface area (Å²) in [5.41, 5.74) is 0.753. The summed E-state index contributed by atoms with van der Waals surface area (Å²) in [6, 6.07) is 20.4. The molecule has 1 amide bonds. The van der Waals surface area contributed by atoms with Gasteiger partial charge in [-0.2, -0.15) is 0 Å². The SMILES string of the molecule is CCCCCCC(C[Se]c1ccccc1)NC(=O)c1ccccc1. The Morgan fingerprint density at radius 1 is 0.958 bits per heavy atom. The molecule has 0 fully saturated rings. The molecule has 3 heteroatoms. The summed E-state index contributed by atoms with van der Waals surface area (Å²) in [7, 11) is 0. The fourth-order valence-corrected chi connectivity index (χ4v) is 4.67. The van der Waals surface area contributed by atoms with Gasteiger partial charge in [-0.05, 0) is 0 Å². The van der Waals surface area contributed by atoms with Crippen molar-refractivity contribution in [3.8, 4) is 0 Å². The van der Waals surface area contributed by atoms with Crippen LogP contribution in [0, 0.1) is 0 Å².